The molecule has 0 aliphatic carbocycles. The molecular weight excluding hydrogens is 206 g/mol. The Kier molecular flexibility index (Phi) is 4.33. The number of carbonyl (C=O) groups excluding carboxylic acids is 1. The van der Waals surface area contributed by atoms with E-state index >= 15 is 0 Å². The first kappa shape index (κ1) is 12.0. The Morgan fingerprint density at radius 1 is 1.56 bits per heavy atom. The second kappa shape index (κ2) is 5.75. The minimum atomic E-state index is -0.416. The predicted octanol–water partition coefficient (Wildman–Crippen LogP) is -0.391. The molecule has 0 heterocycles. The first-order chi connectivity index (χ1) is 7.72. The second-order valence-electron chi connectivity index (χ2n) is 2.89. The SMILES string of the molecule is COc1ccc(C#CCN)c(C(=O)NN)c1. The van der Waals surface area contributed by atoms with Gasteiger partial charge in [-0.25, -0.2) is 5.84 Å². The highest BCUT2D eigenvalue weighted by Gasteiger charge is 2.09. The van der Waals surface area contributed by atoms with Crippen LogP contribution in [0.3, 0.4) is 0 Å². The molecule has 0 aromatic heterocycles. The summed E-state index contributed by atoms with van der Waals surface area (Å²) in [4.78, 5) is 11.5. The number of nitrogens with two attached hydrogens (primary N) is 2. The zero-order valence-electron chi connectivity index (χ0n) is 8.91. The van der Waals surface area contributed by atoms with E-state index < -0.39 is 5.91 Å². The molecule has 16 heavy (non-hydrogen) atoms. The molecule has 0 fully saturated rings. The van der Waals surface area contributed by atoms with E-state index in [-0.39, 0.29) is 6.54 Å². The van der Waals surface area contributed by atoms with Crippen molar-refractivity contribution in [2.45, 2.75) is 0 Å². The predicted molar refractivity (Wildman–Crippen MR) is 60.6 cm³/mol. The van der Waals surface area contributed by atoms with Crippen molar-refractivity contribution in [1.82, 2.24) is 5.43 Å². The summed E-state index contributed by atoms with van der Waals surface area (Å²) in [6.45, 7) is 0.232. The number of carbonyl (C=O) groups is 1. The van der Waals surface area contributed by atoms with Gasteiger partial charge >= 0.3 is 0 Å². The molecule has 1 amide bonds. The summed E-state index contributed by atoms with van der Waals surface area (Å²) < 4.78 is 5.02. The van der Waals surface area contributed by atoms with Crippen LogP contribution < -0.4 is 21.7 Å². The average Bonchev–Trinajstić information content (AvgIpc) is 2.35. The number of benzene rings is 1. The fraction of sp³-hybridized carbons (Fsp3) is 0.182. The van der Waals surface area contributed by atoms with Crippen molar-refractivity contribution in [2.24, 2.45) is 11.6 Å². The van der Waals surface area contributed by atoms with E-state index in [0.717, 1.165) is 0 Å². The fourth-order valence-corrected chi connectivity index (χ4v) is 1.17. The Balaban J connectivity index is 3.21. The molecule has 0 saturated carbocycles. The van der Waals surface area contributed by atoms with Gasteiger partial charge in [0.25, 0.3) is 5.91 Å². The van der Waals surface area contributed by atoms with Crippen molar-refractivity contribution in [3.8, 4) is 17.6 Å². The molecule has 1 rings (SSSR count). The molecule has 0 aliphatic rings. The Morgan fingerprint density at radius 2 is 2.31 bits per heavy atom. The molecule has 0 unspecified atom stereocenters. The minimum Gasteiger partial charge on any atom is -0.497 e. The average molecular weight is 219 g/mol. The lowest BCUT2D eigenvalue weighted by molar-refractivity contribution is 0.0953. The summed E-state index contributed by atoms with van der Waals surface area (Å²) >= 11 is 0. The number of methoxy groups -OCH3 is 1. The summed E-state index contributed by atoms with van der Waals surface area (Å²) in [6.07, 6.45) is 0. The summed E-state index contributed by atoms with van der Waals surface area (Å²) in [5, 5.41) is 0. The maximum atomic E-state index is 11.5. The van der Waals surface area contributed by atoms with Crippen LogP contribution in [0.4, 0.5) is 0 Å². The third-order valence-electron chi connectivity index (χ3n) is 1.93. The van der Waals surface area contributed by atoms with Crippen LogP contribution in [0, 0.1) is 11.8 Å². The number of rotatable bonds is 2. The van der Waals surface area contributed by atoms with Crippen LogP contribution in [0.25, 0.3) is 0 Å². The van der Waals surface area contributed by atoms with Gasteiger partial charge in [0.1, 0.15) is 5.75 Å². The van der Waals surface area contributed by atoms with Crippen LogP contribution in [-0.4, -0.2) is 19.6 Å². The monoisotopic (exact) mass is 219 g/mol. The molecule has 5 heteroatoms. The molecule has 0 aliphatic heterocycles. The number of hydrogen-bond donors (Lipinski definition) is 3. The quantitative estimate of drug-likeness (QED) is 0.273. The van der Waals surface area contributed by atoms with E-state index in [1.165, 1.54) is 7.11 Å². The van der Waals surface area contributed by atoms with Gasteiger partial charge in [-0.3, -0.25) is 10.2 Å². The second-order valence-corrected chi connectivity index (χ2v) is 2.89. The number of amides is 1. The molecule has 0 atom stereocenters. The normalized spacial score (nSPS) is 8.94. The van der Waals surface area contributed by atoms with Gasteiger partial charge in [0.2, 0.25) is 0 Å². The molecule has 1 aromatic rings. The molecule has 0 bridgehead atoms. The molecule has 0 spiro atoms. The third kappa shape index (κ3) is 2.73. The van der Waals surface area contributed by atoms with Crippen molar-refractivity contribution >= 4 is 5.91 Å². The van der Waals surface area contributed by atoms with Crippen LogP contribution in [0.1, 0.15) is 15.9 Å². The number of ether oxygens (including phenoxy) is 1. The molecule has 5 N–H and O–H groups in total. The highest BCUT2D eigenvalue weighted by molar-refractivity contribution is 5.96. The van der Waals surface area contributed by atoms with Gasteiger partial charge in [-0.1, -0.05) is 11.8 Å². The van der Waals surface area contributed by atoms with Gasteiger partial charge < -0.3 is 10.5 Å². The molecule has 0 radical (unpaired) electrons. The summed E-state index contributed by atoms with van der Waals surface area (Å²) in [5.41, 5.74) is 8.25. The Labute approximate surface area is 93.7 Å². The van der Waals surface area contributed by atoms with Crippen LogP contribution in [0.15, 0.2) is 18.2 Å². The summed E-state index contributed by atoms with van der Waals surface area (Å²) in [6, 6.07) is 4.97. The molecule has 0 saturated heterocycles. The van der Waals surface area contributed by atoms with Crippen molar-refractivity contribution in [2.75, 3.05) is 13.7 Å². The lowest BCUT2D eigenvalue weighted by atomic mass is 10.1. The number of nitrogen functional groups attached to an aromatic ring is 1. The van der Waals surface area contributed by atoms with Crippen molar-refractivity contribution in [3.05, 3.63) is 29.3 Å². The van der Waals surface area contributed by atoms with E-state index in [1.807, 2.05) is 0 Å². The zero-order valence-corrected chi connectivity index (χ0v) is 8.91. The number of hydrogen-bond acceptors (Lipinski definition) is 4. The molecule has 1 aromatic carbocycles. The standard InChI is InChI=1S/C11H13N3O2/c1-16-9-5-4-8(3-2-6-12)10(7-9)11(15)14-13/h4-5,7H,6,12-13H2,1H3,(H,14,15). The summed E-state index contributed by atoms with van der Waals surface area (Å²) in [5.74, 6) is 10.7. The first-order valence-corrected chi connectivity index (χ1v) is 4.61. The van der Waals surface area contributed by atoms with E-state index in [9.17, 15) is 4.79 Å². The van der Waals surface area contributed by atoms with Crippen LogP contribution in [0.5, 0.6) is 5.75 Å². The largest absolute Gasteiger partial charge is 0.497 e. The first-order valence-electron chi connectivity index (χ1n) is 4.61. The maximum Gasteiger partial charge on any atom is 0.266 e. The zero-order chi connectivity index (χ0) is 12.0. The van der Waals surface area contributed by atoms with Crippen LogP contribution in [0.2, 0.25) is 0 Å². The van der Waals surface area contributed by atoms with E-state index in [1.54, 1.807) is 18.2 Å². The Morgan fingerprint density at radius 3 is 2.88 bits per heavy atom. The van der Waals surface area contributed by atoms with Gasteiger partial charge in [-0.2, -0.15) is 0 Å². The van der Waals surface area contributed by atoms with Gasteiger partial charge in [0.05, 0.1) is 19.2 Å². The van der Waals surface area contributed by atoms with Gasteiger partial charge in [0.15, 0.2) is 0 Å². The number of nitrogens with one attached hydrogen (secondary N) is 1. The third-order valence-corrected chi connectivity index (χ3v) is 1.93. The topological polar surface area (TPSA) is 90.4 Å². The van der Waals surface area contributed by atoms with Gasteiger partial charge in [-0.15, -0.1) is 0 Å². The van der Waals surface area contributed by atoms with E-state index in [2.05, 4.69) is 17.3 Å². The number of hydrazine groups is 1. The van der Waals surface area contributed by atoms with Gasteiger partial charge in [-0.05, 0) is 18.2 Å². The summed E-state index contributed by atoms with van der Waals surface area (Å²) in [7, 11) is 1.52. The molecule has 84 valence electrons. The van der Waals surface area contributed by atoms with Crippen molar-refractivity contribution in [1.29, 1.82) is 0 Å². The van der Waals surface area contributed by atoms with Crippen LogP contribution in [-0.2, 0) is 0 Å². The molecular formula is C11H13N3O2. The molecule has 5 nitrogen and oxygen atoms in total. The van der Waals surface area contributed by atoms with Crippen molar-refractivity contribution < 1.29 is 9.53 Å². The smallest absolute Gasteiger partial charge is 0.266 e. The fourth-order valence-electron chi connectivity index (χ4n) is 1.17. The minimum absolute atomic E-state index is 0.232. The highest BCUT2D eigenvalue weighted by atomic mass is 16.5. The van der Waals surface area contributed by atoms with E-state index in [0.29, 0.717) is 16.9 Å². The van der Waals surface area contributed by atoms with Gasteiger partial charge in [0, 0.05) is 5.56 Å². The maximum absolute atomic E-state index is 11.5. The Hall–Kier alpha value is -2.03. The highest BCUT2D eigenvalue weighted by Crippen LogP contribution is 2.16. The lowest BCUT2D eigenvalue weighted by Gasteiger charge is -2.05. The lowest BCUT2D eigenvalue weighted by Crippen LogP contribution is -2.30. The van der Waals surface area contributed by atoms with Crippen molar-refractivity contribution in [3.63, 3.8) is 0 Å². The Bertz CT molecular complexity index is 446. The van der Waals surface area contributed by atoms with Crippen LogP contribution >= 0.6 is 0 Å². The van der Waals surface area contributed by atoms with E-state index in [4.69, 9.17) is 16.3 Å².